The minimum absolute atomic E-state index is 0.300. The highest BCUT2D eigenvalue weighted by Crippen LogP contribution is 2.30. The maximum atomic E-state index is 11.5. The highest BCUT2D eigenvalue weighted by Gasteiger charge is 2.28. The van der Waals surface area contributed by atoms with E-state index in [-0.39, 0.29) is 5.97 Å². The molecule has 84 valence electrons. The quantitative estimate of drug-likeness (QED) is 0.404. The van der Waals surface area contributed by atoms with E-state index in [4.69, 9.17) is 4.74 Å². The van der Waals surface area contributed by atoms with Gasteiger partial charge in [0, 0.05) is 5.57 Å². The van der Waals surface area contributed by atoms with Crippen LogP contribution in [0.4, 0.5) is 0 Å². The lowest BCUT2D eigenvalue weighted by Gasteiger charge is -2.30. The normalized spacial score (nSPS) is 16.9. The van der Waals surface area contributed by atoms with Gasteiger partial charge in [0.1, 0.15) is 5.60 Å². The number of esters is 1. The summed E-state index contributed by atoms with van der Waals surface area (Å²) < 4.78 is 5.43. The number of carbonyl (C=O) groups excluding carboxylic acids is 1. The fraction of sp³-hybridized carbons (Fsp3) is 0.615. The van der Waals surface area contributed by atoms with Crippen LogP contribution in [0.1, 0.15) is 46.5 Å². The Labute approximate surface area is 92.0 Å². The summed E-state index contributed by atoms with van der Waals surface area (Å²) in [5, 5.41) is 0. The molecule has 0 aromatic rings. The van der Waals surface area contributed by atoms with Crippen molar-refractivity contribution in [2.24, 2.45) is 0 Å². The average molecular weight is 208 g/mol. The van der Waals surface area contributed by atoms with E-state index in [0.29, 0.717) is 5.57 Å². The highest BCUT2D eigenvalue weighted by molar-refractivity contribution is 5.87. The lowest BCUT2D eigenvalue weighted by molar-refractivity contribution is -0.148. The maximum Gasteiger partial charge on any atom is 0.333 e. The Morgan fingerprint density at radius 3 is 2.60 bits per heavy atom. The largest absolute Gasteiger partial charge is 0.452 e. The molecule has 1 rings (SSSR count). The van der Waals surface area contributed by atoms with E-state index in [2.05, 4.69) is 12.7 Å². The molecule has 2 nitrogen and oxygen atoms in total. The molecule has 0 aromatic heterocycles. The molecule has 0 amide bonds. The predicted molar refractivity (Wildman–Crippen MR) is 61.5 cm³/mol. The van der Waals surface area contributed by atoms with Crippen LogP contribution in [0.5, 0.6) is 0 Å². The number of rotatable bonds is 3. The van der Waals surface area contributed by atoms with Crippen molar-refractivity contribution in [3.05, 3.63) is 23.8 Å². The van der Waals surface area contributed by atoms with E-state index < -0.39 is 5.60 Å². The van der Waals surface area contributed by atoms with Crippen molar-refractivity contribution in [1.29, 1.82) is 0 Å². The fourth-order valence-corrected chi connectivity index (χ4v) is 1.77. The van der Waals surface area contributed by atoms with Crippen LogP contribution in [0.2, 0.25) is 0 Å². The van der Waals surface area contributed by atoms with Crippen molar-refractivity contribution in [2.45, 2.75) is 52.1 Å². The van der Waals surface area contributed by atoms with Crippen molar-refractivity contribution in [3.8, 4) is 0 Å². The monoisotopic (exact) mass is 208 g/mol. The standard InChI is InChI=1S/C13H20O2/c1-10(2)12(14)15-13(3,4)11-8-6-5-7-9-11/h8H,1,5-7,9H2,2-4H3. The maximum absolute atomic E-state index is 11.5. The summed E-state index contributed by atoms with van der Waals surface area (Å²) in [5.74, 6) is -0.300. The second-order valence-electron chi connectivity index (χ2n) is 4.66. The Morgan fingerprint density at radius 1 is 1.47 bits per heavy atom. The summed E-state index contributed by atoms with van der Waals surface area (Å²) >= 11 is 0. The Kier molecular flexibility index (Phi) is 3.72. The highest BCUT2D eigenvalue weighted by atomic mass is 16.6. The molecule has 0 aromatic carbocycles. The molecule has 0 radical (unpaired) electrons. The van der Waals surface area contributed by atoms with Crippen molar-refractivity contribution < 1.29 is 9.53 Å². The number of hydrogen-bond acceptors (Lipinski definition) is 2. The number of ether oxygens (including phenoxy) is 1. The van der Waals surface area contributed by atoms with Gasteiger partial charge in [-0.3, -0.25) is 0 Å². The van der Waals surface area contributed by atoms with Crippen LogP contribution in [0.3, 0.4) is 0 Å². The first-order chi connectivity index (χ1) is 6.93. The van der Waals surface area contributed by atoms with Gasteiger partial charge in [0.2, 0.25) is 0 Å². The smallest absolute Gasteiger partial charge is 0.333 e. The SMILES string of the molecule is C=C(C)C(=O)OC(C)(C)C1=CCCCC1. The van der Waals surface area contributed by atoms with Crippen LogP contribution >= 0.6 is 0 Å². The summed E-state index contributed by atoms with van der Waals surface area (Å²) in [5.41, 5.74) is 1.22. The summed E-state index contributed by atoms with van der Waals surface area (Å²) in [7, 11) is 0. The minimum Gasteiger partial charge on any atom is -0.452 e. The van der Waals surface area contributed by atoms with Gasteiger partial charge in [0.25, 0.3) is 0 Å². The predicted octanol–water partition coefficient (Wildman–Crippen LogP) is 3.38. The fourth-order valence-electron chi connectivity index (χ4n) is 1.77. The summed E-state index contributed by atoms with van der Waals surface area (Å²) in [6.07, 6.45) is 6.78. The third kappa shape index (κ3) is 3.22. The second-order valence-corrected chi connectivity index (χ2v) is 4.66. The van der Waals surface area contributed by atoms with Crippen molar-refractivity contribution in [3.63, 3.8) is 0 Å². The van der Waals surface area contributed by atoms with Crippen molar-refractivity contribution in [2.75, 3.05) is 0 Å². The van der Waals surface area contributed by atoms with Gasteiger partial charge in [0.15, 0.2) is 0 Å². The first-order valence-electron chi connectivity index (χ1n) is 5.52. The number of hydrogen-bond donors (Lipinski definition) is 0. The topological polar surface area (TPSA) is 26.3 Å². The molecule has 0 atom stereocenters. The summed E-state index contributed by atoms with van der Waals surface area (Å²) in [6.45, 7) is 9.16. The molecule has 15 heavy (non-hydrogen) atoms. The van der Waals surface area contributed by atoms with E-state index >= 15 is 0 Å². The molecule has 2 heteroatoms. The summed E-state index contributed by atoms with van der Waals surface area (Å²) in [6, 6.07) is 0. The van der Waals surface area contributed by atoms with Gasteiger partial charge in [-0.15, -0.1) is 0 Å². The molecule has 0 aliphatic heterocycles. The zero-order valence-corrected chi connectivity index (χ0v) is 9.93. The van der Waals surface area contributed by atoms with E-state index in [0.717, 1.165) is 12.8 Å². The molecule has 0 fully saturated rings. The third-order valence-corrected chi connectivity index (χ3v) is 2.76. The van der Waals surface area contributed by atoms with Crippen LogP contribution in [-0.4, -0.2) is 11.6 Å². The Morgan fingerprint density at radius 2 is 2.13 bits per heavy atom. The molecular formula is C13H20O2. The molecular weight excluding hydrogens is 188 g/mol. The molecule has 0 heterocycles. The lowest BCUT2D eigenvalue weighted by Crippen LogP contribution is -2.31. The van der Waals surface area contributed by atoms with Gasteiger partial charge in [-0.05, 0) is 52.0 Å². The minimum atomic E-state index is -0.476. The van der Waals surface area contributed by atoms with Crippen LogP contribution in [0, 0.1) is 0 Å². The molecule has 0 unspecified atom stereocenters. The van der Waals surface area contributed by atoms with Crippen LogP contribution in [0.25, 0.3) is 0 Å². The molecule has 0 saturated heterocycles. The van der Waals surface area contributed by atoms with Crippen LogP contribution in [0.15, 0.2) is 23.8 Å². The average Bonchev–Trinajstić information content (AvgIpc) is 2.18. The van der Waals surface area contributed by atoms with E-state index in [1.165, 1.54) is 18.4 Å². The second kappa shape index (κ2) is 4.65. The number of carbonyl (C=O) groups is 1. The lowest BCUT2D eigenvalue weighted by atomic mass is 9.88. The number of allylic oxidation sites excluding steroid dienone is 1. The van der Waals surface area contributed by atoms with E-state index in [1.807, 2.05) is 13.8 Å². The van der Waals surface area contributed by atoms with Gasteiger partial charge in [-0.25, -0.2) is 4.79 Å². The van der Waals surface area contributed by atoms with Gasteiger partial charge >= 0.3 is 5.97 Å². The van der Waals surface area contributed by atoms with Crippen LogP contribution < -0.4 is 0 Å². The first-order valence-corrected chi connectivity index (χ1v) is 5.52. The molecule has 0 bridgehead atoms. The Bertz CT molecular complexity index is 298. The van der Waals surface area contributed by atoms with E-state index in [1.54, 1.807) is 6.92 Å². The van der Waals surface area contributed by atoms with Gasteiger partial charge in [-0.1, -0.05) is 12.7 Å². The molecule has 1 aliphatic carbocycles. The van der Waals surface area contributed by atoms with Gasteiger partial charge in [0.05, 0.1) is 0 Å². The zero-order chi connectivity index (χ0) is 11.5. The zero-order valence-electron chi connectivity index (χ0n) is 9.93. The van der Waals surface area contributed by atoms with Crippen molar-refractivity contribution in [1.82, 2.24) is 0 Å². The summed E-state index contributed by atoms with van der Waals surface area (Å²) in [4.78, 5) is 11.5. The van der Waals surface area contributed by atoms with Crippen LogP contribution in [-0.2, 0) is 9.53 Å². The Hall–Kier alpha value is -1.05. The van der Waals surface area contributed by atoms with Gasteiger partial charge in [-0.2, -0.15) is 0 Å². The van der Waals surface area contributed by atoms with E-state index in [9.17, 15) is 4.79 Å². The Balaban J connectivity index is 2.69. The molecule has 0 spiro atoms. The van der Waals surface area contributed by atoms with Crippen molar-refractivity contribution >= 4 is 5.97 Å². The molecule has 0 N–H and O–H groups in total. The first kappa shape index (κ1) is 12.0. The molecule has 0 saturated carbocycles. The molecule has 1 aliphatic rings. The third-order valence-electron chi connectivity index (χ3n) is 2.76. The van der Waals surface area contributed by atoms with Gasteiger partial charge < -0.3 is 4.74 Å².